The van der Waals surface area contributed by atoms with E-state index in [0.717, 1.165) is 35.3 Å². The van der Waals surface area contributed by atoms with Gasteiger partial charge in [-0.15, -0.1) is 12.4 Å². The first kappa shape index (κ1) is 20.6. The third-order valence-corrected chi connectivity index (χ3v) is 3.99. The van der Waals surface area contributed by atoms with Crippen LogP contribution < -0.4 is 14.8 Å². The number of nitrogens with one attached hydrogen (secondary N) is 1. The van der Waals surface area contributed by atoms with Crippen LogP contribution in [-0.2, 0) is 13.0 Å². The van der Waals surface area contributed by atoms with Crippen LogP contribution in [0.5, 0.6) is 11.5 Å². The standard InChI is InChI=1S/C19H22BrNO2.ClH/c1-3-11-23-19-17(20)12-16(13-18(19)22-2)14-21-10-9-15-7-5-4-6-8-15;/h3-8,12-13,21H,1,9-11,14H2,2H3;1H. The number of rotatable bonds is 9. The molecule has 0 aliphatic heterocycles. The second kappa shape index (κ2) is 11.1. The topological polar surface area (TPSA) is 30.5 Å². The highest BCUT2D eigenvalue weighted by Crippen LogP contribution is 2.36. The van der Waals surface area contributed by atoms with Gasteiger partial charge in [0.2, 0.25) is 0 Å². The molecule has 0 saturated heterocycles. The minimum atomic E-state index is 0. The van der Waals surface area contributed by atoms with Crippen LogP contribution in [0, 0.1) is 0 Å². The Morgan fingerprint density at radius 3 is 2.58 bits per heavy atom. The Balaban J connectivity index is 0.00000288. The Morgan fingerprint density at radius 2 is 1.92 bits per heavy atom. The van der Waals surface area contributed by atoms with Crippen molar-refractivity contribution in [3.63, 3.8) is 0 Å². The maximum absolute atomic E-state index is 5.64. The molecule has 0 saturated carbocycles. The molecular formula is C19H23BrClNO2. The van der Waals surface area contributed by atoms with Crippen molar-refractivity contribution in [2.24, 2.45) is 0 Å². The highest BCUT2D eigenvalue weighted by molar-refractivity contribution is 9.10. The van der Waals surface area contributed by atoms with Crippen LogP contribution in [0.4, 0.5) is 0 Å². The highest BCUT2D eigenvalue weighted by atomic mass is 79.9. The Bertz CT molecular complexity index is 635. The SMILES string of the molecule is C=CCOc1c(Br)cc(CNCCc2ccccc2)cc1OC.Cl. The fourth-order valence-corrected chi connectivity index (χ4v) is 2.87. The Hall–Kier alpha value is -1.49. The van der Waals surface area contributed by atoms with Crippen molar-refractivity contribution >= 4 is 28.3 Å². The molecule has 0 radical (unpaired) electrons. The van der Waals surface area contributed by atoms with Crippen molar-refractivity contribution in [3.05, 3.63) is 70.7 Å². The van der Waals surface area contributed by atoms with E-state index in [0.29, 0.717) is 12.4 Å². The summed E-state index contributed by atoms with van der Waals surface area (Å²) in [6.07, 6.45) is 2.73. The van der Waals surface area contributed by atoms with E-state index in [4.69, 9.17) is 9.47 Å². The van der Waals surface area contributed by atoms with Gasteiger partial charge in [0.25, 0.3) is 0 Å². The molecule has 0 spiro atoms. The third kappa shape index (κ3) is 6.19. The molecule has 0 atom stereocenters. The fraction of sp³-hybridized carbons (Fsp3) is 0.263. The quantitative estimate of drug-likeness (QED) is 0.475. The van der Waals surface area contributed by atoms with Crippen LogP contribution in [0.2, 0.25) is 0 Å². The predicted molar refractivity (Wildman–Crippen MR) is 105 cm³/mol. The van der Waals surface area contributed by atoms with Crippen LogP contribution in [0.1, 0.15) is 11.1 Å². The van der Waals surface area contributed by atoms with Gasteiger partial charge in [0.15, 0.2) is 11.5 Å². The average molecular weight is 413 g/mol. The highest BCUT2D eigenvalue weighted by Gasteiger charge is 2.11. The largest absolute Gasteiger partial charge is 0.493 e. The number of halogens is 2. The summed E-state index contributed by atoms with van der Waals surface area (Å²) in [7, 11) is 1.65. The van der Waals surface area contributed by atoms with Crippen LogP contribution in [0.25, 0.3) is 0 Å². The first-order valence-electron chi connectivity index (χ1n) is 7.59. The zero-order chi connectivity index (χ0) is 16.5. The molecule has 2 aromatic carbocycles. The van der Waals surface area contributed by atoms with Gasteiger partial charge in [-0.05, 0) is 52.2 Å². The fourth-order valence-electron chi connectivity index (χ4n) is 2.27. The van der Waals surface area contributed by atoms with Gasteiger partial charge in [-0.2, -0.15) is 0 Å². The van der Waals surface area contributed by atoms with E-state index >= 15 is 0 Å². The van der Waals surface area contributed by atoms with Crippen LogP contribution in [-0.4, -0.2) is 20.3 Å². The third-order valence-electron chi connectivity index (χ3n) is 3.40. The Morgan fingerprint density at radius 1 is 1.17 bits per heavy atom. The summed E-state index contributed by atoms with van der Waals surface area (Å²) >= 11 is 3.55. The van der Waals surface area contributed by atoms with Gasteiger partial charge in [-0.25, -0.2) is 0 Å². The van der Waals surface area contributed by atoms with E-state index in [9.17, 15) is 0 Å². The molecule has 0 bridgehead atoms. The molecule has 0 heterocycles. The summed E-state index contributed by atoms with van der Waals surface area (Å²) in [5.74, 6) is 1.43. The van der Waals surface area contributed by atoms with Gasteiger partial charge >= 0.3 is 0 Å². The first-order valence-corrected chi connectivity index (χ1v) is 8.38. The summed E-state index contributed by atoms with van der Waals surface area (Å²) in [6.45, 7) is 5.82. The maximum Gasteiger partial charge on any atom is 0.175 e. The molecule has 3 nitrogen and oxygen atoms in total. The van der Waals surface area contributed by atoms with E-state index in [2.05, 4.69) is 58.2 Å². The van der Waals surface area contributed by atoms with Gasteiger partial charge in [-0.1, -0.05) is 43.0 Å². The van der Waals surface area contributed by atoms with Gasteiger partial charge in [-0.3, -0.25) is 0 Å². The molecule has 0 aliphatic carbocycles. The van der Waals surface area contributed by atoms with E-state index in [1.807, 2.05) is 12.1 Å². The lowest BCUT2D eigenvalue weighted by Gasteiger charge is -2.14. The number of hydrogen-bond donors (Lipinski definition) is 1. The summed E-state index contributed by atoms with van der Waals surface area (Å²) in [4.78, 5) is 0. The normalized spacial score (nSPS) is 9.92. The van der Waals surface area contributed by atoms with E-state index in [-0.39, 0.29) is 12.4 Å². The summed E-state index contributed by atoms with van der Waals surface area (Å²) < 4.78 is 11.9. The number of hydrogen-bond acceptors (Lipinski definition) is 3. The number of methoxy groups -OCH3 is 1. The summed E-state index contributed by atoms with van der Waals surface area (Å²) in [5.41, 5.74) is 2.49. The molecule has 1 N–H and O–H groups in total. The molecule has 24 heavy (non-hydrogen) atoms. The molecule has 0 amide bonds. The van der Waals surface area contributed by atoms with Crippen LogP contribution in [0.15, 0.2) is 59.6 Å². The average Bonchev–Trinajstić information content (AvgIpc) is 2.58. The van der Waals surface area contributed by atoms with Gasteiger partial charge < -0.3 is 14.8 Å². The maximum atomic E-state index is 5.64. The molecule has 0 unspecified atom stereocenters. The zero-order valence-electron chi connectivity index (χ0n) is 13.8. The minimum Gasteiger partial charge on any atom is -0.493 e. The first-order chi connectivity index (χ1) is 11.2. The van der Waals surface area contributed by atoms with Crippen molar-refractivity contribution in [3.8, 4) is 11.5 Å². The van der Waals surface area contributed by atoms with Gasteiger partial charge in [0.1, 0.15) is 6.61 Å². The lowest BCUT2D eigenvalue weighted by atomic mass is 10.1. The molecule has 2 aromatic rings. The molecule has 130 valence electrons. The van der Waals surface area contributed by atoms with Gasteiger partial charge in [0, 0.05) is 6.54 Å². The Kier molecular flexibility index (Phi) is 9.53. The zero-order valence-corrected chi connectivity index (χ0v) is 16.2. The lowest BCUT2D eigenvalue weighted by molar-refractivity contribution is 0.324. The second-order valence-electron chi connectivity index (χ2n) is 5.12. The molecular weight excluding hydrogens is 390 g/mol. The predicted octanol–water partition coefficient (Wildman–Crippen LogP) is 4.78. The molecule has 5 heteroatoms. The number of benzene rings is 2. The second-order valence-corrected chi connectivity index (χ2v) is 5.98. The van der Waals surface area contributed by atoms with E-state index < -0.39 is 0 Å². The summed E-state index contributed by atoms with van der Waals surface area (Å²) in [6, 6.07) is 14.5. The minimum absolute atomic E-state index is 0. The van der Waals surface area contributed by atoms with Crippen molar-refractivity contribution in [1.82, 2.24) is 5.32 Å². The number of ether oxygens (including phenoxy) is 2. The van der Waals surface area contributed by atoms with Crippen LogP contribution >= 0.6 is 28.3 Å². The van der Waals surface area contributed by atoms with E-state index in [1.165, 1.54) is 5.56 Å². The Labute approximate surface area is 158 Å². The monoisotopic (exact) mass is 411 g/mol. The summed E-state index contributed by atoms with van der Waals surface area (Å²) in [5, 5.41) is 3.46. The van der Waals surface area contributed by atoms with Crippen molar-refractivity contribution in [1.29, 1.82) is 0 Å². The van der Waals surface area contributed by atoms with Crippen molar-refractivity contribution < 1.29 is 9.47 Å². The molecule has 0 fully saturated rings. The smallest absolute Gasteiger partial charge is 0.175 e. The molecule has 0 aliphatic rings. The molecule has 0 aromatic heterocycles. The van der Waals surface area contributed by atoms with Gasteiger partial charge in [0.05, 0.1) is 11.6 Å². The lowest BCUT2D eigenvalue weighted by Crippen LogP contribution is -2.16. The molecule has 2 rings (SSSR count). The van der Waals surface area contributed by atoms with Crippen molar-refractivity contribution in [2.75, 3.05) is 20.3 Å². The van der Waals surface area contributed by atoms with Crippen molar-refractivity contribution in [2.45, 2.75) is 13.0 Å². The van der Waals surface area contributed by atoms with Crippen LogP contribution in [0.3, 0.4) is 0 Å². The van der Waals surface area contributed by atoms with E-state index in [1.54, 1.807) is 13.2 Å².